The Balaban J connectivity index is 2.09. The SMILES string of the molecule is COC1CC(n2c(C(C)Cl)nc3ccc(Br)cc32)C1. The summed E-state index contributed by atoms with van der Waals surface area (Å²) in [7, 11) is 1.77. The van der Waals surface area contributed by atoms with Crippen LogP contribution in [0.1, 0.15) is 37.0 Å². The van der Waals surface area contributed by atoms with Gasteiger partial charge in [0.1, 0.15) is 5.82 Å². The van der Waals surface area contributed by atoms with E-state index in [2.05, 4.69) is 31.5 Å². The number of rotatable bonds is 3. The largest absolute Gasteiger partial charge is 0.381 e. The first-order chi connectivity index (χ1) is 9.10. The Morgan fingerprint density at radius 1 is 1.47 bits per heavy atom. The summed E-state index contributed by atoms with van der Waals surface area (Å²) >= 11 is 9.82. The van der Waals surface area contributed by atoms with E-state index in [0.29, 0.717) is 12.1 Å². The number of nitrogens with zero attached hydrogens (tertiary/aromatic N) is 2. The second-order valence-electron chi connectivity index (χ2n) is 5.07. The van der Waals surface area contributed by atoms with Crippen molar-refractivity contribution in [2.75, 3.05) is 7.11 Å². The van der Waals surface area contributed by atoms with Crippen molar-refractivity contribution >= 4 is 38.6 Å². The van der Waals surface area contributed by atoms with Crippen LogP contribution in [0, 0.1) is 0 Å². The third-order valence-electron chi connectivity index (χ3n) is 3.80. The molecule has 1 aromatic carbocycles. The van der Waals surface area contributed by atoms with E-state index >= 15 is 0 Å². The molecule has 1 saturated carbocycles. The molecule has 3 nitrogen and oxygen atoms in total. The number of methoxy groups -OCH3 is 1. The third-order valence-corrected chi connectivity index (χ3v) is 4.49. The highest BCUT2D eigenvalue weighted by atomic mass is 79.9. The van der Waals surface area contributed by atoms with E-state index in [-0.39, 0.29) is 5.38 Å². The molecule has 102 valence electrons. The summed E-state index contributed by atoms with van der Waals surface area (Å²) in [5.41, 5.74) is 2.16. The van der Waals surface area contributed by atoms with Gasteiger partial charge in [0.25, 0.3) is 0 Å². The van der Waals surface area contributed by atoms with Crippen molar-refractivity contribution in [3.63, 3.8) is 0 Å². The monoisotopic (exact) mass is 342 g/mol. The molecule has 1 aromatic heterocycles. The van der Waals surface area contributed by atoms with E-state index in [4.69, 9.17) is 16.3 Å². The minimum Gasteiger partial charge on any atom is -0.381 e. The summed E-state index contributed by atoms with van der Waals surface area (Å²) < 4.78 is 8.73. The van der Waals surface area contributed by atoms with Gasteiger partial charge < -0.3 is 9.30 Å². The van der Waals surface area contributed by atoms with E-state index in [1.807, 2.05) is 19.1 Å². The van der Waals surface area contributed by atoms with Crippen molar-refractivity contribution in [3.05, 3.63) is 28.5 Å². The summed E-state index contributed by atoms with van der Waals surface area (Å²) in [6.07, 6.45) is 2.43. The number of ether oxygens (including phenoxy) is 1. The van der Waals surface area contributed by atoms with Gasteiger partial charge in [0.15, 0.2) is 0 Å². The molecule has 1 heterocycles. The molecule has 0 spiro atoms. The normalized spacial score (nSPS) is 24.4. The highest BCUT2D eigenvalue weighted by molar-refractivity contribution is 9.10. The molecule has 0 amide bonds. The van der Waals surface area contributed by atoms with Crippen molar-refractivity contribution in [1.82, 2.24) is 9.55 Å². The average molecular weight is 344 g/mol. The summed E-state index contributed by atoms with van der Waals surface area (Å²) in [5.74, 6) is 0.953. The third kappa shape index (κ3) is 2.30. The smallest absolute Gasteiger partial charge is 0.127 e. The molecular formula is C14H16BrClN2O. The number of imidazole rings is 1. The highest BCUT2D eigenvalue weighted by Crippen LogP contribution is 2.39. The van der Waals surface area contributed by atoms with E-state index in [1.165, 1.54) is 0 Å². The minimum atomic E-state index is -0.0900. The number of halogens is 2. The molecule has 1 atom stereocenters. The number of hydrogen-bond donors (Lipinski definition) is 0. The zero-order valence-corrected chi connectivity index (χ0v) is 13.3. The van der Waals surface area contributed by atoms with Gasteiger partial charge in [-0.3, -0.25) is 0 Å². The molecule has 1 aliphatic carbocycles. The number of fused-ring (bicyclic) bond motifs is 1. The van der Waals surface area contributed by atoms with Crippen molar-refractivity contribution in [2.45, 2.75) is 37.3 Å². The number of alkyl halides is 1. The molecule has 1 unspecified atom stereocenters. The Bertz CT molecular complexity index is 605. The maximum Gasteiger partial charge on any atom is 0.127 e. The van der Waals surface area contributed by atoms with Gasteiger partial charge in [0.2, 0.25) is 0 Å². The molecule has 19 heavy (non-hydrogen) atoms. The van der Waals surface area contributed by atoms with E-state index < -0.39 is 0 Å². The fourth-order valence-electron chi connectivity index (χ4n) is 2.69. The van der Waals surface area contributed by atoms with Crippen molar-refractivity contribution < 1.29 is 4.74 Å². The van der Waals surface area contributed by atoms with Crippen molar-refractivity contribution in [1.29, 1.82) is 0 Å². The van der Waals surface area contributed by atoms with Crippen LogP contribution >= 0.6 is 27.5 Å². The average Bonchev–Trinajstić information content (AvgIpc) is 2.67. The molecule has 0 N–H and O–H groups in total. The molecule has 0 aliphatic heterocycles. The van der Waals surface area contributed by atoms with Crippen LogP contribution in [0.15, 0.2) is 22.7 Å². The highest BCUT2D eigenvalue weighted by Gasteiger charge is 2.33. The Labute approximate surface area is 126 Å². The van der Waals surface area contributed by atoms with Gasteiger partial charge in [-0.15, -0.1) is 11.6 Å². The zero-order chi connectivity index (χ0) is 13.6. The first kappa shape index (κ1) is 13.4. The van der Waals surface area contributed by atoms with Gasteiger partial charge in [-0.1, -0.05) is 15.9 Å². The Morgan fingerprint density at radius 2 is 2.21 bits per heavy atom. The second kappa shape index (κ2) is 5.08. The standard InChI is InChI=1S/C14H16BrClN2O/c1-8(16)14-17-12-4-3-9(15)5-13(12)18(14)10-6-11(7-10)19-2/h3-5,8,10-11H,6-7H2,1-2H3. The van der Waals surface area contributed by atoms with Crippen LogP contribution in [-0.2, 0) is 4.74 Å². The lowest BCUT2D eigenvalue weighted by atomic mass is 9.88. The first-order valence-electron chi connectivity index (χ1n) is 6.44. The predicted molar refractivity (Wildman–Crippen MR) is 80.8 cm³/mol. The topological polar surface area (TPSA) is 27.1 Å². The molecular weight excluding hydrogens is 328 g/mol. The zero-order valence-electron chi connectivity index (χ0n) is 10.9. The summed E-state index contributed by atoms with van der Waals surface area (Å²) in [5, 5.41) is -0.0900. The van der Waals surface area contributed by atoms with Crippen molar-refractivity contribution in [2.24, 2.45) is 0 Å². The fraction of sp³-hybridized carbons (Fsp3) is 0.500. The number of aromatic nitrogens is 2. The summed E-state index contributed by atoms with van der Waals surface area (Å²) in [6.45, 7) is 1.97. The Kier molecular flexibility index (Phi) is 3.58. The molecule has 3 rings (SSSR count). The van der Waals surface area contributed by atoms with Gasteiger partial charge in [-0.05, 0) is 38.0 Å². The van der Waals surface area contributed by atoms with E-state index in [0.717, 1.165) is 34.2 Å². The lowest BCUT2D eigenvalue weighted by Gasteiger charge is -2.36. The maximum atomic E-state index is 6.29. The summed E-state index contributed by atoms with van der Waals surface area (Å²) in [4.78, 5) is 4.68. The number of benzene rings is 1. The van der Waals surface area contributed by atoms with E-state index in [9.17, 15) is 0 Å². The van der Waals surface area contributed by atoms with Gasteiger partial charge >= 0.3 is 0 Å². The van der Waals surface area contributed by atoms with Gasteiger partial charge in [0, 0.05) is 17.6 Å². The molecule has 5 heteroatoms. The number of hydrogen-bond acceptors (Lipinski definition) is 2. The van der Waals surface area contributed by atoms with E-state index in [1.54, 1.807) is 7.11 Å². The molecule has 1 fully saturated rings. The Morgan fingerprint density at radius 3 is 2.84 bits per heavy atom. The fourth-order valence-corrected chi connectivity index (χ4v) is 3.19. The molecule has 2 aromatic rings. The van der Waals surface area contributed by atoms with Crippen LogP contribution in [0.2, 0.25) is 0 Å². The molecule has 0 saturated heterocycles. The predicted octanol–water partition coefficient (Wildman–Crippen LogP) is 4.45. The first-order valence-corrected chi connectivity index (χ1v) is 7.67. The van der Waals surface area contributed by atoms with Crippen LogP contribution < -0.4 is 0 Å². The molecule has 0 bridgehead atoms. The van der Waals surface area contributed by atoms with Crippen LogP contribution in [0.25, 0.3) is 11.0 Å². The maximum absolute atomic E-state index is 6.29. The van der Waals surface area contributed by atoms with Gasteiger partial charge in [-0.25, -0.2) is 4.98 Å². The summed E-state index contributed by atoms with van der Waals surface area (Å²) in [6, 6.07) is 6.61. The van der Waals surface area contributed by atoms with Crippen LogP contribution in [0.5, 0.6) is 0 Å². The van der Waals surface area contributed by atoms with Crippen LogP contribution in [-0.4, -0.2) is 22.8 Å². The molecule has 1 aliphatic rings. The van der Waals surface area contributed by atoms with Crippen LogP contribution in [0.3, 0.4) is 0 Å². The quantitative estimate of drug-likeness (QED) is 0.770. The van der Waals surface area contributed by atoms with Gasteiger partial charge in [-0.2, -0.15) is 0 Å². The van der Waals surface area contributed by atoms with Crippen molar-refractivity contribution in [3.8, 4) is 0 Å². The van der Waals surface area contributed by atoms with Crippen LogP contribution in [0.4, 0.5) is 0 Å². The molecule has 0 radical (unpaired) electrons. The van der Waals surface area contributed by atoms with Gasteiger partial charge in [0.05, 0.1) is 22.5 Å². The minimum absolute atomic E-state index is 0.0900. The Hall–Kier alpha value is -0.580. The lowest BCUT2D eigenvalue weighted by molar-refractivity contribution is 0.00658. The lowest BCUT2D eigenvalue weighted by Crippen LogP contribution is -2.33. The second-order valence-corrected chi connectivity index (χ2v) is 6.64.